The summed E-state index contributed by atoms with van der Waals surface area (Å²) in [6, 6.07) is 7.78. The summed E-state index contributed by atoms with van der Waals surface area (Å²) in [6.45, 7) is -0.175. The Morgan fingerprint density at radius 2 is 2.08 bits per heavy atom. The molecule has 2 N–H and O–H groups in total. The lowest BCUT2D eigenvalue weighted by molar-refractivity contribution is -0.116. The number of aromatic amines is 1. The van der Waals surface area contributed by atoms with E-state index in [4.69, 9.17) is 0 Å². The van der Waals surface area contributed by atoms with Crippen LogP contribution in [0.1, 0.15) is 16.6 Å². The van der Waals surface area contributed by atoms with Gasteiger partial charge in [0.25, 0.3) is 5.56 Å². The van der Waals surface area contributed by atoms with E-state index in [1.54, 1.807) is 0 Å². The van der Waals surface area contributed by atoms with Crippen LogP contribution in [0.25, 0.3) is 0 Å². The fraction of sp³-hybridized carbons (Fsp3) is 0.312. The molecule has 1 amide bonds. The van der Waals surface area contributed by atoms with Gasteiger partial charge in [0.15, 0.2) is 0 Å². The van der Waals surface area contributed by atoms with Crippen molar-refractivity contribution in [3.05, 3.63) is 61.3 Å². The van der Waals surface area contributed by atoms with Gasteiger partial charge in [0.2, 0.25) is 5.91 Å². The van der Waals surface area contributed by atoms with Crippen molar-refractivity contribution in [2.45, 2.75) is 17.5 Å². The SMILES string of the molecule is O=C(Cn1cc(Br)c(=O)[nH]c1=O)Nc1cccc(C2SCCCS2)c1. The first kappa shape index (κ1) is 18.3. The van der Waals surface area contributed by atoms with Crippen LogP contribution in [-0.2, 0) is 11.3 Å². The summed E-state index contributed by atoms with van der Waals surface area (Å²) >= 11 is 6.89. The van der Waals surface area contributed by atoms with Gasteiger partial charge in [-0.25, -0.2) is 4.79 Å². The number of H-pyrrole nitrogens is 1. The van der Waals surface area contributed by atoms with Crippen LogP contribution in [0, 0.1) is 0 Å². The molecule has 0 unspecified atom stereocenters. The second-order valence-electron chi connectivity index (χ2n) is 5.46. The van der Waals surface area contributed by atoms with Gasteiger partial charge in [-0.05, 0) is 51.6 Å². The lowest BCUT2D eigenvalue weighted by atomic mass is 10.2. The summed E-state index contributed by atoms with van der Waals surface area (Å²) in [4.78, 5) is 37.5. The van der Waals surface area contributed by atoms with E-state index in [0.29, 0.717) is 10.3 Å². The van der Waals surface area contributed by atoms with Crippen molar-refractivity contribution in [2.75, 3.05) is 16.8 Å². The molecule has 0 saturated carbocycles. The Balaban J connectivity index is 1.70. The van der Waals surface area contributed by atoms with Crippen LogP contribution < -0.4 is 16.6 Å². The lowest BCUT2D eigenvalue weighted by Gasteiger charge is -2.21. The highest BCUT2D eigenvalue weighted by atomic mass is 79.9. The lowest BCUT2D eigenvalue weighted by Crippen LogP contribution is -2.33. The van der Waals surface area contributed by atoms with Crippen LogP contribution in [0.5, 0.6) is 0 Å². The smallest absolute Gasteiger partial charge is 0.325 e. The summed E-state index contributed by atoms with van der Waals surface area (Å²) in [6.07, 6.45) is 2.54. The van der Waals surface area contributed by atoms with Crippen LogP contribution in [0.15, 0.2) is 44.5 Å². The number of nitrogens with one attached hydrogen (secondary N) is 2. The zero-order valence-electron chi connectivity index (χ0n) is 13.2. The van der Waals surface area contributed by atoms with Crippen molar-refractivity contribution in [3.63, 3.8) is 0 Å². The summed E-state index contributed by atoms with van der Waals surface area (Å²) in [5, 5.41) is 2.81. The molecule has 0 radical (unpaired) electrons. The fourth-order valence-corrected chi connectivity index (χ4v) is 5.62. The number of amides is 1. The molecule has 0 bridgehead atoms. The van der Waals surface area contributed by atoms with Gasteiger partial charge in [0, 0.05) is 11.9 Å². The van der Waals surface area contributed by atoms with E-state index in [1.165, 1.54) is 18.2 Å². The van der Waals surface area contributed by atoms with E-state index in [1.807, 2.05) is 41.7 Å². The summed E-state index contributed by atoms with van der Waals surface area (Å²) in [5.41, 5.74) is 0.742. The first-order valence-electron chi connectivity index (χ1n) is 7.65. The molecule has 132 valence electrons. The molecule has 0 atom stereocenters. The topological polar surface area (TPSA) is 84.0 Å². The van der Waals surface area contributed by atoms with E-state index in [9.17, 15) is 14.4 Å². The van der Waals surface area contributed by atoms with Crippen LogP contribution in [0.4, 0.5) is 5.69 Å². The molecule has 6 nitrogen and oxygen atoms in total. The van der Waals surface area contributed by atoms with Gasteiger partial charge in [-0.1, -0.05) is 12.1 Å². The molecule has 1 aromatic heterocycles. The molecule has 9 heteroatoms. The number of halogens is 1. The second-order valence-corrected chi connectivity index (χ2v) is 9.04. The monoisotopic (exact) mass is 441 g/mol. The first-order chi connectivity index (χ1) is 12.0. The van der Waals surface area contributed by atoms with Gasteiger partial charge in [-0.2, -0.15) is 0 Å². The number of carbonyl (C=O) groups excluding carboxylic acids is 1. The highest BCUT2D eigenvalue weighted by Crippen LogP contribution is 2.43. The van der Waals surface area contributed by atoms with Crippen LogP contribution in [0.3, 0.4) is 0 Å². The van der Waals surface area contributed by atoms with E-state index in [-0.39, 0.29) is 16.9 Å². The van der Waals surface area contributed by atoms with Crippen LogP contribution in [0.2, 0.25) is 0 Å². The number of anilines is 1. The van der Waals surface area contributed by atoms with Crippen molar-refractivity contribution < 1.29 is 4.79 Å². The van der Waals surface area contributed by atoms with Crippen LogP contribution >= 0.6 is 39.5 Å². The molecular weight excluding hydrogens is 426 g/mol. The quantitative estimate of drug-likeness (QED) is 0.761. The standard InChI is InChI=1S/C16H16BrN3O3S2/c17-12-8-20(16(23)19-14(12)22)9-13(21)18-11-4-1-3-10(7-11)15-24-5-2-6-25-15/h1,3-4,7-8,15H,2,5-6,9H2,(H,18,21)(H,19,22,23). The summed E-state index contributed by atoms with van der Waals surface area (Å²) in [5.74, 6) is 1.97. The van der Waals surface area contributed by atoms with Crippen LogP contribution in [-0.4, -0.2) is 27.0 Å². The molecule has 2 aromatic rings. The third-order valence-corrected chi connectivity index (χ3v) is 7.13. The van der Waals surface area contributed by atoms with Crippen molar-refractivity contribution in [1.82, 2.24) is 9.55 Å². The van der Waals surface area contributed by atoms with Gasteiger partial charge >= 0.3 is 5.69 Å². The Kier molecular flexibility index (Phi) is 6.08. The van der Waals surface area contributed by atoms with Gasteiger partial charge in [-0.3, -0.25) is 19.1 Å². The average molecular weight is 442 g/mol. The number of hydrogen-bond acceptors (Lipinski definition) is 5. The molecule has 1 aromatic carbocycles. The maximum Gasteiger partial charge on any atom is 0.328 e. The van der Waals surface area contributed by atoms with E-state index >= 15 is 0 Å². The number of thioether (sulfide) groups is 2. The van der Waals surface area contributed by atoms with Crippen molar-refractivity contribution in [3.8, 4) is 0 Å². The van der Waals surface area contributed by atoms with Crippen molar-refractivity contribution in [2.24, 2.45) is 0 Å². The molecule has 25 heavy (non-hydrogen) atoms. The van der Waals surface area contributed by atoms with Crippen molar-refractivity contribution >= 4 is 51.0 Å². The minimum atomic E-state index is -0.618. The third kappa shape index (κ3) is 4.80. The summed E-state index contributed by atoms with van der Waals surface area (Å²) in [7, 11) is 0. The molecule has 0 aliphatic carbocycles. The van der Waals surface area contributed by atoms with Gasteiger partial charge in [0.1, 0.15) is 6.54 Å². The molecule has 1 fully saturated rings. The highest BCUT2D eigenvalue weighted by Gasteiger charge is 2.17. The predicted molar refractivity (Wildman–Crippen MR) is 106 cm³/mol. The van der Waals surface area contributed by atoms with Gasteiger partial charge in [-0.15, -0.1) is 23.5 Å². The number of hydrogen-bond donors (Lipinski definition) is 2. The maximum absolute atomic E-state index is 12.2. The second kappa shape index (κ2) is 8.29. The highest BCUT2D eigenvalue weighted by molar-refractivity contribution is 9.10. The number of aromatic nitrogens is 2. The molecule has 1 aliphatic heterocycles. The zero-order valence-corrected chi connectivity index (χ0v) is 16.4. The zero-order chi connectivity index (χ0) is 17.8. The van der Waals surface area contributed by atoms with E-state index in [2.05, 4.69) is 32.3 Å². The Morgan fingerprint density at radius 3 is 2.84 bits per heavy atom. The minimum Gasteiger partial charge on any atom is -0.325 e. The Bertz CT molecular complexity index is 891. The molecule has 0 spiro atoms. The third-order valence-electron chi connectivity index (χ3n) is 3.55. The normalized spacial score (nSPS) is 15.1. The largest absolute Gasteiger partial charge is 0.328 e. The first-order valence-corrected chi connectivity index (χ1v) is 10.5. The molecule has 2 heterocycles. The fourth-order valence-electron chi connectivity index (χ4n) is 2.40. The number of rotatable bonds is 4. The molecule has 3 rings (SSSR count). The van der Waals surface area contributed by atoms with Crippen molar-refractivity contribution in [1.29, 1.82) is 0 Å². The number of benzene rings is 1. The molecule has 1 saturated heterocycles. The molecule has 1 aliphatic rings. The maximum atomic E-state index is 12.2. The predicted octanol–water partition coefficient (Wildman–Crippen LogP) is 2.81. The Labute approximate surface area is 160 Å². The average Bonchev–Trinajstić information content (AvgIpc) is 2.60. The number of nitrogens with zero attached hydrogens (tertiary/aromatic N) is 1. The van der Waals surface area contributed by atoms with Gasteiger partial charge in [0.05, 0.1) is 9.05 Å². The Hall–Kier alpha value is -1.45. The van der Waals surface area contributed by atoms with E-state index < -0.39 is 11.2 Å². The Morgan fingerprint density at radius 1 is 1.32 bits per heavy atom. The number of carbonyl (C=O) groups is 1. The summed E-state index contributed by atoms with van der Waals surface area (Å²) < 4.78 is 1.74. The van der Waals surface area contributed by atoms with Gasteiger partial charge < -0.3 is 5.32 Å². The van der Waals surface area contributed by atoms with E-state index in [0.717, 1.165) is 16.1 Å². The minimum absolute atomic E-state index is 0.175. The molecular formula is C16H16BrN3O3S2.